The molecule has 2 atom stereocenters. The van der Waals surface area contributed by atoms with Gasteiger partial charge in [0.25, 0.3) is 0 Å². The highest BCUT2D eigenvalue weighted by Crippen LogP contribution is 2.22. The second-order valence-electron chi connectivity index (χ2n) is 5.98. The summed E-state index contributed by atoms with van der Waals surface area (Å²) in [6, 6.07) is 0. The van der Waals surface area contributed by atoms with E-state index in [1.807, 2.05) is 0 Å². The van der Waals surface area contributed by atoms with Crippen LogP contribution in [0.3, 0.4) is 0 Å². The van der Waals surface area contributed by atoms with Crippen LogP contribution in [0.25, 0.3) is 0 Å². The lowest BCUT2D eigenvalue weighted by Crippen LogP contribution is -2.56. The first-order valence-corrected chi connectivity index (χ1v) is 7.41. The minimum Gasteiger partial charge on any atom is -0.463 e. The Kier molecular flexibility index (Phi) is 8.19. The van der Waals surface area contributed by atoms with Gasteiger partial charge in [-0.15, -0.1) is 0 Å². The van der Waals surface area contributed by atoms with E-state index in [2.05, 4.69) is 0 Å². The molecule has 0 fully saturated rings. The van der Waals surface area contributed by atoms with Crippen LogP contribution in [0, 0.1) is 0 Å². The number of rotatable bonds is 8. The standard InChI is InChI=1S/C15H26O8/c1-8(2)21-11(16)7-15(20,14(19)23-10(5)6)12(17)13(18)22-9(3)4/h8-10,12,17,20H,7H2,1-6H3/t12-,15-/m1/s1. The zero-order valence-electron chi connectivity index (χ0n) is 14.4. The Hall–Kier alpha value is -1.67. The van der Waals surface area contributed by atoms with Gasteiger partial charge in [0.2, 0.25) is 5.60 Å². The first kappa shape index (κ1) is 21.3. The number of hydrogen-bond donors (Lipinski definition) is 2. The molecule has 0 unspecified atom stereocenters. The Labute approximate surface area is 135 Å². The molecule has 0 aromatic rings. The molecule has 0 aliphatic rings. The number of carbonyl (C=O) groups excluding carboxylic acids is 3. The van der Waals surface area contributed by atoms with E-state index in [-0.39, 0.29) is 0 Å². The molecule has 134 valence electrons. The fourth-order valence-electron chi connectivity index (χ4n) is 1.61. The van der Waals surface area contributed by atoms with E-state index in [0.29, 0.717) is 0 Å². The van der Waals surface area contributed by atoms with Gasteiger partial charge in [0.15, 0.2) is 6.10 Å². The van der Waals surface area contributed by atoms with Crippen molar-refractivity contribution in [3.8, 4) is 0 Å². The predicted molar refractivity (Wildman–Crippen MR) is 79.3 cm³/mol. The van der Waals surface area contributed by atoms with Crippen molar-refractivity contribution in [3.63, 3.8) is 0 Å². The molecule has 0 aliphatic heterocycles. The lowest BCUT2D eigenvalue weighted by molar-refractivity contribution is -0.199. The van der Waals surface area contributed by atoms with Crippen LogP contribution >= 0.6 is 0 Å². The summed E-state index contributed by atoms with van der Waals surface area (Å²) in [6.45, 7) is 9.25. The van der Waals surface area contributed by atoms with Gasteiger partial charge in [0, 0.05) is 0 Å². The zero-order valence-corrected chi connectivity index (χ0v) is 14.4. The highest BCUT2D eigenvalue weighted by Gasteiger charge is 2.52. The molecule has 0 saturated heterocycles. The van der Waals surface area contributed by atoms with E-state index in [0.717, 1.165) is 0 Å². The molecule has 23 heavy (non-hydrogen) atoms. The second-order valence-corrected chi connectivity index (χ2v) is 5.98. The molecule has 0 aromatic heterocycles. The largest absolute Gasteiger partial charge is 0.463 e. The molecule has 0 heterocycles. The number of aliphatic hydroxyl groups excluding tert-OH is 1. The van der Waals surface area contributed by atoms with Crippen molar-refractivity contribution in [1.29, 1.82) is 0 Å². The second kappa shape index (κ2) is 8.83. The highest BCUT2D eigenvalue weighted by molar-refractivity contribution is 5.92. The van der Waals surface area contributed by atoms with Crippen molar-refractivity contribution in [2.75, 3.05) is 0 Å². The van der Waals surface area contributed by atoms with Crippen LogP contribution in [0.4, 0.5) is 0 Å². The number of esters is 3. The van der Waals surface area contributed by atoms with Gasteiger partial charge >= 0.3 is 17.9 Å². The molecular weight excluding hydrogens is 308 g/mol. The maximum atomic E-state index is 12.1. The quantitative estimate of drug-likeness (QED) is 0.481. The fraction of sp³-hybridized carbons (Fsp3) is 0.800. The van der Waals surface area contributed by atoms with E-state index in [4.69, 9.17) is 14.2 Å². The summed E-state index contributed by atoms with van der Waals surface area (Å²) in [6.07, 6.45) is -4.91. The highest BCUT2D eigenvalue weighted by atomic mass is 16.6. The molecule has 0 amide bonds. The average molecular weight is 334 g/mol. The predicted octanol–water partition coefficient (Wildman–Crippen LogP) is 0.323. The minimum atomic E-state index is -2.79. The van der Waals surface area contributed by atoms with Gasteiger partial charge in [-0.2, -0.15) is 0 Å². The molecule has 0 rings (SSSR count). The van der Waals surface area contributed by atoms with Crippen molar-refractivity contribution < 1.29 is 38.8 Å². The van der Waals surface area contributed by atoms with Gasteiger partial charge < -0.3 is 24.4 Å². The molecule has 2 N–H and O–H groups in total. The lowest BCUT2D eigenvalue weighted by Gasteiger charge is -2.30. The number of carbonyl (C=O) groups is 3. The smallest absolute Gasteiger partial charge is 0.342 e. The third kappa shape index (κ3) is 6.96. The van der Waals surface area contributed by atoms with Gasteiger partial charge in [-0.05, 0) is 41.5 Å². The van der Waals surface area contributed by atoms with Crippen LogP contribution in [-0.2, 0) is 28.6 Å². The minimum absolute atomic E-state index is 0.493. The molecule has 8 nitrogen and oxygen atoms in total. The summed E-state index contributed by atoms with van der Waals surface area (Å²) in [4.78, 5) is 35.6. The zero-order chi connectivity index (χ0) is 18.4. The van der Waals surface area contributed by atoms with Crippen molar-refractivity contribution in [2.45, 2.75) is 78.0 Å². The van der Waals surface area contributed by atoms with Crippen LogP contribution in [0.1, 0.15) is 48.0 Å². The summed E-state index contributed by atoms with van der Waals surface area (Å²) in [5.74, 6) is -3.50. The Morgan fingerprint density at radius 3 is 1.70 bits per heavy atom. The molecule has 0 aromatic carbocycles. The van der Waals surface area contributed by atoms with Crippen LogP contribution < -0.4 is 0 Å². The number of ether oxygens (including phenoxy) is 3. The summed E-state index contributed by atoms with van der Waals surface area (Å²) in [5, 5.41) is 20.5. The summed E-state index contributed by atoms with van der Waals surface area (Å²) in [5.41, 5.74) is -2.79. The van der Waals surface area contributed by atoms with Gasteiger partial charge in [-0.3, -0.25) is 4.79 Å². The topological polar surface area (TPSA) is 119 Å². The van der Waals surface area contributed by atoms with Gasteiger partial charge in [-0.1, -0.05) is 0 Å². The van der Waals surface area contributed by atoms with Crippen LogP contribution in [0.2, 0.25) is 0 Å². The molecule has 0 radical (unpaired) electrons. The summed E-state index contributed by atoms with van der Waals surface area (Å²) in [7, 11) is 0. The van der Waals surface area contributed by atoms with E-state index in [9.17, 15) is 24.6 Å². The summed E-state index contributed by atoms with van der Waals surface area (Å²) < 4.78 is 14.4. The lowest BCUT2D eigenvalue weighted by atomic mass is 9.92. The Morgan fingerprint density at radius 1 is 0.870 bits per heavy atom. The van der Waals surface area contributed by atoms with Crippen molar-refractivity contribution in [1.82, 2.24) is 0 Å². The number of hydrogen-bond acceptors (Lipinski definition) is 8. The molecule has 8 heteroatoms. The normalized spacial score (nSPS) is 15.3. The van der Waals surface area contributed by atoms with Crippen molar-refractivity contribution in [2.24, 2.45) is 0 Å². The van der Waals surface area contributed by atoms with Gasteiger partial charge in [0.05, 0.1) is 24.7 Å². The Bertz CT molecular complexity index is 429. The first-order chi connectivity index (χ1) is 10.4. The fourth-order valence-corrected chi connectivity index (χ4v) is 1.61. The van der Waals surface area contributed by atoms with E-state index >= 15 is 0 Å². The van der Waals surface area contributed by atoms with Gasteiger partial charge in [0.1, 0.15) is 0 Å². The molecule has 0 bridgehead atoms. The SMILES string of the molecule is CC(C)OC(=O)C[C@](O)(C(=O)OC(C)C)[C@H](O)C(=O)OC(C)C. The van der Waals surface area contributed by atoms with Crippen LogP contribution in [-0.4, -0.2) is 58.1 Å². The Morgan fingerprint density at radius 2 is 1.30 bits per heavy atom. The van der Waals surface area contributed by atoms with Crippen molar-refractivity contribution in [3.05, 3.63) is 0 Å². The molecule has 0 aliphatic carbocycles. The van der Waals surface area contributed by atoms with Crippen LogP contribution in [0.5, 0.6) is 0 Å². The van der Waals surface area contributed by atoms with E-state index in [1.165, 1.54) is 27.7 Å². The third-order valence-corrected chi connectivity index (χ3v) is 2.50. The first-order valence-electron chi connectivity index (χ1n) is 7.41. The van der Waals surface area contributed by atoms with Gasteiger partial charge in [-0.25, -0.2) is 9.59 Å². The Balaban J connectivity index is 5.39. The van der Waals surface area contributed by atoms with E-state index in [1.54, 1.807) is 13.8 Å². The number of aliphatic hydroxyl groups is 2. The average Bonchev–Trinajstić information content (AvgIpc) is 2.34. The maximum absolute atomic E-state index is 12.1. The monoisotopic (exact) mass is 334 g/mol. The maximum Gasteiger partial charge on any atom is 0.342 e. The van der Waals surface area contributed by atoms with Crippen molar-refractivity contribution >= 4 is 17.9 Å². The molecule has 0 spiro atoms. The molecule has 0 saturated carbocycles. The van der Waals surface area contributed by atoms with Crippen LogP contribution in [0.15, 0.2) is 0 Å². The molecular formula is C15H26O8. The third-order valence-electron chi connectivity index (χ3n) is 2.50. The summed E-state index contributed by atoms with van der Waals surface area (Å²) >= 11 is 0. The van der Waals surface area contributed by atoms with E-state index < -0.39 is 54.3 Å².